The molecule has 5 heteroatoms. The molecule has 1 aliphatic heterocycles. The van der Waals surface area contributed by atoms with Gasteiger partial charge in [0.15, 0.2) is 11.5 Å². The molecular weight excluding hydrogens is 446 g/mol. The van der Waals surface area contributed by atoms with Crippen molar-refractivity contribution in [2.75, 3.05) is 4.90 Å². The van der Waals surface area contributed by atoms with Gasteiger partial charge in [-0.3, -0.25) is 14.5 Å². The number of anilines is 1. The molecule has 4 aromatic rings. The van der Waals surface area contributed by atoms with Crippen LogP contribution in [0.25, 0.3) is 10.8 Å². The minimum Gasteiger partial charge on any atom is -0.503 e. The lowest BCUT2D eigenvalue weighted by atomic mass is 9.90. The van der Waals surface area contributed by atoms with Gasteiger partial charge in [0.05, 0.1) is 11.6 Å². The number of carbonyl (C=O) groups excluding carboxylic acids is 2. The van der Waals surface area contributed by atoms with Crippen LogP contribution in [0, 0.1) is 0 Å². The molecule has 1 atom stereocenters. The van der Waals surface area contributed by atoms with Crippen molar-refractivity contribution in [3.8, 4) is 0 Å². The molecule has 1 aliphatic rings. The first-order chi connectivity index (χ1) is 16.5. The summed E-state index contributed by atoms with van der Waals surface area (Å²) >= 11 is 6.23. The topological polar surface area (TPSA) is 57.6 Å². The van der Waals surface area contributed by atoms with Gasteiger partial charge < -0.3 is 5.11 Å². The van der Waals surface area contributed by atoms with Crippen LogP contribution in [0.2, 0.25) is 5.02 Å². The second-order valence-electron chi connectivity index (χ2n) is 8.30. The average Bonchev–Trinajstić information content (AvgIpc) is 3.13. The molecule has 0 radical (unpaired) electrons. The molecule has 0 fully saturated rings. The summed E-state index contributed by atoms with van der Waals surface area (Å²) in [7, 11) is 0. The summed E-state index contributed by atoms with van der Waals surface area (Å²) in [6.07, 6.45) is 0.700. The summed E-state index contributed by atoms with van der Waals surface area (Å²) in [5, 5.41) is 13.3. The minimum atomic E-state index is -0.764. The molecule has 1 unspecified atom stereocenters. The zero-order valence-electron chi connectivity index (χ0n) is 18.3. The van der Waals surface area contributed by atoms with Crippen LogP contribution in [0.1, 0.15) is 23.6 Å². The van der Waals surface area contributed by atoms with Crippen LogP contribution in [0.5, 0.6) is 0 Å². The van der Waals surface area contributed by atoms with Gasteiger partial charge in [0.2, 0.25) is 0 Å². The molecule has 4 nitrogen and oxygen atoms in total. The number of hydrogen-bond donors (Lipinski definition) is 1. The summed E-state index contributed by atoms with van der Waals surface area (Å²) in [5.74, 6) is -1.36. The molecule has 0 saturated carbocycles. The molecule has 5 rings (SSSR count). The van der Waals surface area contributed by atoms with Crippen LogP contribution in [0.3, 0.4) is 0 Å². The van der Waals surface area contributed by atoms with Crippen molar-refractivity contribution in [2.45, 2.75) is 18.9 Å². The van der Waals surface area contributed by atoms with Gasteiger partial charge in [-0.25, -0.2) is 0 Å². The van der Waals surface area contributed by atoms with E-state index in [-0.39, 0.29) is 17.8 Å². The van der Waals surface area contributed by atoms with Gasteiger partial charge in [0.1, 0.15) is 0 Å². The molecule has 0 bridgehead atoms. The Bertz CT molecular complexity index is 1420. The van der Waals surface area contributed by atoms with E-state index < -0.39 is 17.7 Å². The third-order valence-corrected chi connectivity index (χ3v) is 6.43. The Labute approximate surface area is 202 Å². The number of ketones is 1. The highest BCUT2D eigenvalue weighted by Gasteiger charge is 2.44. The molecule has 0 saturated heterocycles. The van der Waals surface area contributed by atoms with Crippen LogP contribution in [0.15, 0.2) is 108 Å². The lowest BCUT2D eigenvalue weighted by molar-refractivity contribution is -0.118. The predicted octanol–water partition coefficient (Wildman–Crippen LogP) is 6.60. The molecular formula is C29H22ClNO3. The van der Waals surface area contributed by atoms with E-state index in [0.717, 1.165) is 21.9 Å². The van der Waals surface area contributed by atoms with Crippen LogP contribution in [-0.2, 0) is 16.0 Å². The van der Waals surface area contributed by atoms with E-state index in [9.17, 15) is 14.7 Å². The average molecular weight is 468 g/mol. The second-order valence-corrected chi connectivity index (χ2v) is 8.73. The largest absolute Gasteiger partial charge is 0.503 e. The molecule has 0 spiro atoms. The third-order valence-electron chi connectivity index (χ3n) is 6.20. The lowest BCUT2D eigenvalue weighted by Crippen LogP contribution is -2.31. The normalized spacial score (nSPS) is 15.9. The Balaban J connectivity index is 1.62. The number of rotatable bonds is 6. The van der Waals surface area contributed by atoms with Crippen molar-refractivity contribution in [2.24, 2.45) is 0 Å². The van der Waals surface area contributed by atoms with Crippen molar-refractivity contribution >= 4 is 39.8 Å². The highest BCUT2D eigenvalue weighted by molar-refractivity contribution is 6.31. The smallest absolute Gasteiger partial charge is 0.294 e. The Morgan fingerprint density at radius 1 is 0.882 bits per heavy atom. The molecule has 1 heterocycles. The fourth-order valence-electron chi connectivity index (χ4n) is 4.60. The Hall–Kier alpha value is -3.89. The number of benzene rings is 4. The van der Waals surface area contributed by atoms with Gasteiger partial charge in [-0.1, -0.05) is 90.5 Å². The van der Waals surface area contributed by atoms with E-state index in [1.54, 1.807) is 24.3 Å². The number of aryl methyl sites for hydroxylation is 1. The molecule has 0 aromatic heterocycles. The van der Waals surface area contributed by atoms with Gasteiger partial charge in [0, 0.05) is 17.1 Å². The van der Waals surface area contributed by atoms with E-state index in [1.807, 2.05) is 72.8 Å². The summed E-state index contributed by atoms with van der Waals surface area (Å²) in [4.78, 5) is 28.3. The van der Waals surface area contributed by atoms with Crippen LogP contribution < -0.4 is 4.90 Å². The van der Waals surface area contributed by atoms with Gasteiger partial charge in [-0.05, 0) is 46.5 Å². The molecule has 34 heavy (non-hydrogen) atoms. The standard InChI is InChI=1S/C29H22ClNO3/c30-21-12-7-13-22(18-21)31-27(24-15-6-11-20-10-4-5-14-23(20)24)26(28(33)29(31)34)25(32)17-16-19-8-2-1-3-9-19/h1-15,18,27,33H,16-17H2. The van der Waals surface area contributed by atoms with Crippen LogP contribution in [-0.4, -0.2) is 16.8 Å². The van der Waals surface area contributed by atoms with E-state index in [2.05, 4.69) is 0 Å². The maximum Gasteiger partial charge on any atom is 0.294 e. The van der Waals surface area contributed by atoms with Gasteiger partial charge in [-0.2, -0.15) is 0 Å². The first-order valence-electron chi connectivity index (χ1n) is 11.1. The third kappa shape index (κ3) is 3.97. The fraction of sp³-hybridized carbons (Fsp3) is 0.103. The minimum absolute atomic E-state index is 0.122. The fourth-order valence-corrected chi connectivity index (χ4v) is 4.79. The molecule has 0 aliphatic carbocycles. The van der Waals surface area contributed by atoms with Crippen LogP contribution in [0.4, 0.5) is 5.69 Å². The molecule has 168 valence electrons. The van der Waals surface area contributed by atoms with Crippen LogP contribution >= 0.6 is 11.6 Å². The van der Waals surface area contributed by atoms with E-state index >= 15 is 0 Å². The summed E-state index contributed by atoms with van der Waals surface area (Å²) < 4.78 is 0. The number of aliphatic hydroxyl groups excluding tert-OH is 1. The van der Waals surface area contributed by atoms with E-state index in [1.165, 1.54) is 4.90 Å². The predicted molar refractivity (Wildman–Crippen MR) is 135 cm³/mol. The van der Waals surface area contributed by atoms with Gasteiger partial charge in [-0.15, -0.1) is 0 Å². The van der Waals surface area contributed by atoms with Crippen molar-refractivity contribution < 1.29 is 14.7 Å². The Morgan fingerprint density at radius 3 is 2.38 bits per heavy atom. The van der Waals surface area contributed by atoms with Crippen molar-refractivity contribution in [1.82, 2.24) is 0 Å². The second kappa shape index (κ2) is 9.16. The quantitative estimate of drug-likeness (QED) is 0.347. The summed E-state index contributed by atoms with van der Waals surface area (Å²) in [6.45, 7) is 0. The highest BCUT2D eigenvalue weighted by Crippen LogP contribution is 2.43. The Kier molecular flexibility index (Phi) is 5.91. The zero-order valence-corrected chi connectivity index (χ0v) is 19.1. The number of carbonyl (C=O) groups is 2. The van der Waals surface area contributed by atoms with Gasteiger partial charge in [0.25, 0.3) is 5.91 Å². The zero-order chi connectivity index (χ0) is 23.7. The number of amides is 1. The maximum atomic E-state index is 13.5. The molecule has 1 N–H and O–H groups in total. The number of halogens is 1. The van der Waals surface area contributed by atoms with Crippen molar-refractivity contribution in [1.29, 1.82) is 0 Å². The van der Waals surface area contributed by atoms with Crippen molar-refractivity contribution in [3.63, 3.8) is 0 Å². The first kappa shape index (κ1) is 21.9. The van der Waals surface area contributed by atoms with E-state index in [0.29, 0.717) is 17.1 Å². The van der Waals surface area contributed by atoms with Gasteiger partial charge >= 0.3 is 0 Å². The Morgan fingerprint density at radius 2 is 1.59 bits per heavy atom. The number of aliphatic hydroxyl groups is 1. The summed E-state index contributed by atoms with van der Waals surface area (Å²) in [5.41, 5.74) is 2.44. The lowest BCUT2D eigenvalue weighted by Gasteiger charge is -2.28. The first-order valence-corrected chi connectivity index (χ1v) is 11.5. The number of fused-ring (bicyclic) bond motifs is 1. The van der Waals surface area contributed by atoms with E-state index in [4.69, 9.17) is 11.6 Å². The molecule has 4 aromatic carbocycles. The number of hydrogen-bond acceptors (Lipinski definition) is 3. The number of Topliss-reactive ketones (excluding diaryl/α,β-unsaturated/α-hetero) is 1. The maximum absolute atomic E-state index is 13.5. The monoisotopic (exact) mass is 467 g/mol. The highest BCUT2D eigenvalue weighted by atomic mass is 35.5. The van der Waals surface area contributed by atoms with Crippen molar-refractivity contribution in [3.05, 3.63) is 125 Å². The summed E-state index contributed by atoms with van der Waals surface area (Å²) in [6, 6.07) is 29.4. The molecule has 1 amide bonds. The SMILES string of the molecule is O=C(CCc1ccccc1)C1=C(O)C(=O)N(c2cccc(Cl)c2)C1c1cccc2ccccc12. The number of nitrogens with zero attached hydrogens (tertiary/aromatic N) is 1.